The zero-order valence-electron chi connectivity index (χ0n) is 18.9. The van der Waals surface area contributed by atoms with Crippen LogP contribution >= 0.6 is 0 Å². The lowest BCUT2D eigenvalue weighted by Crippen LogP contribution is -2.42. The molecule has 11 heteroatoms. The Hall–Kier alpha value is -4.12. The Morgan fingerprint density at radius 3 is 1.91 bits per heavy atom. The van der Waals surface area contributed by atoms with Crippen LogP contribution in [0.5, 0.6) is 0 Å². The zero-order chi connectivity index (χ0) is 25.3. The summed E-state index contributed by atoms with van der Waals surface area (Å²) in [7, 11) is 0. The molecule has 0 fully saturated rings. The molecule has 34 heavy (non-hydrogen) atoms. The van der Waals surface area contributed by atoms with Crippen LogP contribution in [0.4, 0.5) is 22.7 Å². The monoisotopic (exact) mass is 472 g/mol. The third-order valence-electron chi connectivity index (χ3n) is 5.06. The summed E-state index contributed by atoms with van der Waals surface area (Å²) in [5.74, 6) is -4.65. The van der Waals surface area contributed by atoms with Crippen molar-refractivity contribution >= 4 is 46.5 Å². The second-order valence-corrected chi connectivity index (χ2v) is 8.26. The van der Waals surface area contributed by atoms with Crippen molar-refractivity contribution in [3.8, 4) is 0 Å². The van der Waals surface area contributed by atoms with Crippen molar-refractivity contribution in [2.75, 3.05) is 28.7 Å². The van der Waals surface area contributed by atoms with Crippen LogP contribution in [0.25, 0.3) is 0 Å². The fourth-order valence-electron chi connectivity index (χ4n) is 3.14. The van der Waals surface area contributed by atoms with Crippen LogP contribution in [0.1, 0.15) is 26.7 Å². The van der Waals surface area contributed by atoms with Crippen LogP contribution < -0.4 is 22.1 Å². The Kier molecular flexibility index (Phi) is 8.96. The van der Waals surface area contributed by atoms with Crippen molar-refractivity contribution < 1.29 is 34.1 Å². The standard InChI is InChI=1S/C23H28N4O7/c1-23(2,20(22(31)34-32)21(30)27-17-9-5-15(25)6-10-17)11-12-33-19(29)13-18(28)26-16-7-3-14(24)4-8-16/h3-10,20,32H,11-13,24-25H2,1-2H3,(H,26,28)(H,27,30). The molecule has 7 N–H and O–H groups in total. The van der Waals surface area contributed by atoms with E-state index in [4.69, 9.17) is 21.5 Å². The van der Waals surface area contributed by atoms with Gasteiger partial charge in [0.2, 0.25) is 11.8 Å². The first-order valence-corrected chi connectivity index (χ1v) is 10.3. The number of amides is 2. The van der Waals surface area contributed by atoms with Crippen molar-refractivity contribution in [2.45, 2.75) is 26.7 Å². The van der Waals surface area contributed by atoms with Crippen LogP contribution in [0.3, 0.4) is 0 Å². The highest BCUT2D eigenvalue weighted by Gasteiger charge is 2.42. The predicted molar refractivity (Wildman–Crippen MR) is 125 cm³/mol. The quantitative estimate of drug-likeness (QED) is 0.114. The van der Waals surface area contributed by atoms with Crippen LogP contribution in [-0.2, 0) is 28.8 Å². The van der Waals surface area contributed by atoms with Gasteiger partial charge in [0.05, 0.1) is 6.61 Å². The van der Waals surface area contributed by atoms with Gasteiger partial charge in [-0.15, -0.1) is 0 Å². The first-order chi connectivity index (χ1) is 16.0. The van der Waals surface area contributed by atoms with Gasteiger partial charge >= 0.3 is 11.9 Å². The molecule has 2 rings (SSSR count). The van der Waals surface area contributed by atoms with Crippen LogP contribution in [-0.4, -0.2) is 35.6 Å². The third-order valence-corrected chi connectivity index (χ3v) is 5.06. The van der Waals surface area contributed by atoms with Gasteiger partial charge in [0.15, 0.2) is 0 Å². The predicted octanol–water partition coefficient (Wildman–Crippen LogP) is 2.41. The third kappa shape index (κ3) is 7.78. The van der Waals surface area contributed by atoms with E-state index in [0.717, 1.165) is 0 Å². The summed E-state index contributed by atoms with van der Waals surface area (Å²) in [5.41, 5.74) is 12.0. The molecule has 0 aliphatic rings. The smallest absolute Gasteiger partial charge is 0.355 e. The first kappa shape index (κ1) is 26.1. The van der Waals surface area contributed by atoms with E-state index in [2.05, 4.69) is 15.5 Å². The Balaban J connectivity index is 1.91. The summed E-state index contributed by atoms with van der Waals surface area (Å²) >= 11 is 0. The maximum Gasteiger partial charge on any atom is 0.355 e. The van der Waals surface area contributed by atoms with Gasteiger partial charge in [-0.2, -0.15) is 5.26 Å². The average Bonchev–Trinajstić information content (AvgIpc) is 2.76. The van der Waals surface area contributed by atoms with Gasteiger partial charge in [0.25, 0.3) is 0 Å². The van der Waals surface area contributed by atoms with Crippen molar-refractivity contribution in [3.05, 3.63) is 48.5 Å². The molecule has 0 radical (unpaired) electrons. The number of nitrogens with one attached hydrogen (secondary N) is 2. The van der Waals surface area contributed by atoms with Crippen LogP contribution in [0.15, 0.2) is 48.5 Å². The Bertz CT molecular complexity index is 1020. The maximum atomic E-state index is 12.8. The van der Waals surface area contributed by atoms with Gasteiger partial charge in [-0.1, -0.05) is 13.8 Å². The normalized spacial score (nSPS) is 11.7. The minimum atomic E-state index is -1.41. The van der Waals surface area contributed by atoms with Crippen LogP contribution in [0, 0.1) is 11.3 Å². The molecule has 0 aliphatic heterocycles. The topological polar surface area (TPSA) is 183 Å². The lowest BCUT2D eigenvalue weighted by atomic mass is 9.75. The average molecular weight is 472 g/mol. The first-order valence-electron chi connectivity index (χ1n) is 10.3. The molecular weight excluding hydrogens is 444 g/mol. The molecule has 2 aromatic rings. The number of carbonyl (C=O) groups excluding carboxylic acids is 4. The number of ether oxygens (including phenoxy) is 1. The molecule has 2 amide bonds. The summed E-state index contributed by atoms with van der Waals surface area (Å²) in [5, 5.41) is 14.0. The van der Waals surface area contributed by atoms with Crippen molar-refractivity contribution in [2.24, 2.45) is 11.3 Å². The molecule has 0 spiro atoms. The molecule has 2 aromatic carbocycles. The molecule has 0 aromatic heterocycles. The van der Waals surface area contributed by atoms with Crippen molar-refractivity contribution in [3.63, 3.8) is 0 Å². The van der Waals surface area contributed by atoms with E-state index in [0.29, 0.717) is 22.7 Å². The second-order valence-electron chi connectivity index (χ2n) is 8.26. The minimum absolute atomic E-state index is 0.0627. The Morgan fingerprint density at radius 1 is 0.912 bits per heavy atom. The van der Waals surface area contributed by atoms with Gasteiger partial charge in [-0.05, 0) is 60.4 Å². The van der Waals surface area contributed by atoms with Gasteiger partial charge in [0.1, 0.15) is 12.3 Å². The Morgan fingerprint density at radius 2 is 1.41 bits per heavy atom. The molecule has 11 nitrogen and oxygen atoms in total. The summed E-state index contributed by atoms with van der Waals surface area (Å²) in [4.78, 5) is 52.8. The Labute approximate surface area is 196 Å². The molecular formula is C23H28N4O7. The number of esters is 1. The van der Waals surface area contributed by atoms with Crippen molar-refractivity contribution in [1.82, 2.24) is 0 Å². The minimum Gasteiger partial charge on any atom is -0.465 e. The van der Waals surface area contributed by atoms with Gasteiger partial charge in [-0.3, -0.25) is 14.4 Å². The molecule has 1 unspecified atom stereocenters. The highest BCUT2D eigenvalue weighted by Crippen LogP contribution is 2.33. The number of hydrogen-bond donors (Lipinski definition) is 5. The van der Waals surface area contributed by atoms with E-state index in [1.807, 2.05) is 0 Å². The van der Waals surface area contributed by atoms with Crippen LogP contribution in [0.2, 0.25) is 0 Å². The zero-order valence-corrected chi connectivity index (χ0v) is 18.9. The second kappa shape index (κ2) is 11.7. The number of anilines is 4. The van der Waals surface area contributed by atoms with Gasteiger partial charge in [0, 0.05) is 22.7 Å². The molecule has 0 bridgehead atoms. The molecule has 182 valence electrons. The number of hydrogen-bond acceptors (Lipinski definition) is 9. The molecule has 0 heterocycles. The fraction of sp³-hybridized carbons (Fsp3) is 0.304. The number of nitrogens with two attached hydrogens (primary N) is 2. The number of carbonyl (C=O) groups is 4. The largest absolute Gasteiger partial charge is 0.465 e. The van der Waals surface area contributed by atoms with Crippen molar-refractivity contribution in [1.29, 1.82) is 0 Å². The highest BCUT2D eigenvalue weighted by molar-refractivity contribution is 6.05. The van der Waals surface area contributed by atoms with E-state index >= 15 is 0 Å². The maximum absolute atomic E-state index is 12.8. The highest BCUT2D eigenvalue weighted by atomic mass is 17.1. The van der Waals surface area contributed by atoms with E-state index < -0.39 is 41.5 Å². The van der Waals surface area contributed by atoms with E-state index in [-0.39, 0.29) is 13.0 Å². The molecule has 0 saturated carbocycles. The summed E-state index contributed by atoms with van der Waals surface area (Å²) in [6.45, 7) is 2.99. The van der Waals surface area contributed by atoms with E-state index in [1.54, 1.807) is 62.4 Å². The molecule has 0 saturated heterocycles. The lowest BCUT2D eigenvalue weighted by molar-refractivity contribution is -0.241. The summed E-state index contributed by atoms with van der Waals surface area (Å²) in [6.07, 6.45) is -0.461. The molecule has 1 atom stereocenters. The number of nitrogen functional groups attached to an aromatic ring is 2. The molecule has 0 aliphatic carbocycles. The van der Waals surface area contributed by atoms with Gasteiger partial charge in [-0.25, -0.2) is 4.79 Å². The summed E-state index contributed by atoms with van der Waals surface area (Å²) in [6, 6.07) is 12.7. The number of benzene rings is 2. The van der Waals surface area contributed by atoms with Gasteiger partial charge < -0.3 is 31.7 Å². The summed E-state index contributed by atoms with van der Waals surface area (Å²) < 4.78 is 5.10. The fourth-order valence-corrected chi connectivity index (χ4v) is 3.14. The lowest BCUT2D eigenvalue weighted by Gasteiger charge is -2.30. The number of rotatable bonds is 10. The van der Waals surface area contributed by atoms with E-state index in [1.165, 1.54) is 0 Å². The van der Waals surface area contributed by atoms with E-state index in [9.17, 15) is 19.2 Å². The SMILES string of the molecule is CC(C)(CCOC(=O)CC(=O)Nc1ccc(N)cc1)C(C(=O)Nc1ccc(N)cc1)C(=O)OO.